The number of hydrogen-bond donors (Lipinski definition) is 0. The molecule has 0 radical (unpaired) electrons. The predicted molar refractivity (Wildman–Crippen MR) is 65.6 cm³/mol. The zero-order chi connectivity index (χ0) is 12.1. The predicted octanol–water partition coefficient (Wildman–Crippen LogP) is 3.02. The highest BCUT2D eigenvalue weighted by atomic mass is 16.5. The van der Waals surface area contributed by atoms with Crippen molar-refractivity contribution in [3.8, 4) is 23.2 Å². The Kier molecular flexibility index (Phi) is 3.37. The van der Waals surface area contributed by atoms with Gasteiger partial charge in [0.15, 0.2) is 0 Å². The van der Waals surface area contributed by atoms with Crippen LogP contribution in [0.15, 0.2) is 42.5 Å². The molecule has 0 saturated carbocycles. The summed E-state index contributed by atoms with van der Waals surface area (Å²) in [5, 5.41) is 9.07. The van der Waals surface area contributed by atoms with Crippen LogP contribution >= 0.6 is 0 Å². The van der Waals surface area contributed by atoms with Crippen molar-refractivity contribution in [2.45, 2.75) is 6.92 Å². The fourth-order valence-electron chi connectivity index (χ4n) is 1.58. The fourth-order valence-corrected chi connectivity index (χ4v) is 1.58. The molecule has 2 aromatic rings. The van der Waals surface area contributed by atoms with Gasteiger partial charge >= 0.3 is 0 Å². The van der Waals surface area contributed by atoms with E-state index in [2.05, 4.69) is 11.1 Å². The van der Waals surface area contributed by atoms with Crippen LogP contribution < -0.4 is 4.74 Å². The van der Waals surface area contributed by atoms with Crippen LogP contribution in [0.5, 0.6) is 5.88 Å². The fraction of sp³-hybridized carbons (Fsp3) is 0.143. The van der Waals surface area contributed by atoms with Crippen molar-refractivity contribution >= 4 is 0 Å². The second kappa shape index (κ2) is 5.13. The van der Waals surface area contributed by atoms with Gasteiger partial charge in [-0.15, -0.1) is 0 Å². The van der Waals surface area contributed by atoms with Gasteiger partial charge in [-0.25, -0.2) is 4.98 Å². The summed E-state index contributed by atoms with van der Waals surface area (Å²) in [5.41, 5.74) is 2.14. The van der Waals surface area contributed by atoms with Gasteiger partial charge in [-0.2, -0.15) is 5.26 Å². The van der Waals surface area contributed by atoms with Gasteiger partial charge in [0.05, 0.1) is 17.9 Å². The summed E-state index contributed by atoms with van der Waals surface area (Å²) in [6.45, 7) is 2.47. The molecule has 17 heavy (non-hydrogen) atoms. The van der Waals surface area contributed by atoms with Crippen molar-refractivity contribution in [1.82, 2.24) is 4.98 Å². The van der Waals surface area contributed by atoms with Crippen molar-refractivity contribution in [2.75, 3.05) is 6.61 Å². The number of aromatic nitrogens is 1. The van der Waals surface area contributed by atoms with Crippen molar-refractivity contribution in [3.63, 3.8) is 0 Å². The number of benzene rings is 1. The van der Waals surface area contributed by atoms with E-state index in [1.807, 2.05) is 37.3 Å². The Bertz CT molecular complexity index is 544. The van der Waals surface area contributed by atoms with Crippen LogP contribution in [0.25, 0.3) is 11.3 Å². The number of nitriles is 1. The molecular weight excluding hydrogens is 212 g/mol. The van der Waals surface area contributed by atoms with E-state index in [4.69, 9.17) is 10.00 Å². The molecule has 3 nitrogen and oxygen atoms in total. The Morgan fingerprint density at radius 2 is 1.94 bits per heavy atom. The van der Waals surface area contributed by atoms with Gasteiger partial charge in [0.1, 0.15) is 6.07 Å². The highest BCUT2D eigenvalue weighted by Crippen LogP contribution is 2.23. The number of ether oxygens (including phenoxy) is 1. The van der Waals surface area contributed by atoms with Crippen molar-refractivity contribution in [2.24, 2.45) is 0 Å². The molecule has 0 bridgehead atoms. The average Bonchev–Trinajstić information content (AvgIpc) is 2.40. The summed E-state index contributed by atoms with van der Waals surface area (Å²) >= 11 is 0. The SMILES string of the molecule is CCOc1ccc(C#N)c(-c2ccccc2)n1. The van der Waals surface area contributed by atoms with E-state index in [9.17, 15) is 0 Å². The van der Waals surface area contributed by atoms with Gasteiger partial charge in [-0.05, 0) is 13.0 Å². The summed E-state index contributed by atoms with van der Waals surface area (Å²) < 4.78 is 5.35. The number of hydrogen-bond acceptors (Lipinski definition) is 3. The first-order valence-electron chi connectivity index (χ1n) is 5.44. The first-order chi connectivity index (χ1) is 8.35. The molecule has 0 aliphatic rings. The second-order valence-corrected chi connectivity index (χ2v) is 3.46. The van der Waals surface area contributed by atoms with Crippen molar-refractivity contribution in [1.29, 1.82) is 5.26 Å². The Labute approximate surface area is 100 Å². The van der Waals surface area contributed by atoms with E-state index >= 15 is 0 Å². The molecule has 0 saturated heterocycles. The molecule has 0 spiro atoms. The van der Waals surface area contributed by atoms with E-state index < -0.39 is 0 Å². The lowest BCUT2D eigenvalue weighted by molar-refractivity contribution is 0.327. The summed E-state index contributed by atoms with van der Waals surface area (Å²) in [5.74, 6) is 0.547. The molecule has 1 aromatic carbocycles. The van der Waals surface area contributed by atoms with Crippen LogP contribution in [0, 0.1) is 11.3 Å². The Balaban J connectivity index is 2.51. The number of pyridine rings is 1. The molecule has 0 atom stereocenters. The molecule has 0 amide bonds. The lowest BCUT2D eigenvalue weighted by Crippen LogP contribution is -1.97. The zero-order valence-corrected chi connectivity index (χ0v) is 9.55. The minimum absolute atomic E-state index is 0.547. The average molecular weight is 224 g/mol. The largest absolute Gasteiger partial charge is 0.478 e. The monoisotopic (exact) mass is 224 g/mol. The summed E-state index contributed by atoms with van der Waals surface area (Å²) in [6, 6.07) is 15.2. The third-order valence-electron chi connectivity index (χ3n) is 2.33. The minimum atomic E-state index is 0.547. The maximum atomic E-state index is 9.07. The third kappa shape index (κ3) is 2.43. The molecule has 0 aliphatic carbocycles. The lowest BCUT2D eigenvalue weighted by Gasteiger charge is -2.06. The van der Waals surface area contributed by atoms with Crippen LogP contribution in [0.3, 0.4) is 0 Å². The normalized spacial score (nSPS) is 9.65. The molecule has 0 fully saturated rings. The molecule has 0 aliphatic heterocycles. The van der Waals surface area contributed by atoms with Crippen LogP contribution in [0.1, 0.15) is 12.5 Å². The molecule has 1 aromatic heterocycles. The van der Waals surface area contributed by atoms with Gasteiger partial charge in [-0.1, -0.05) is 30.3 Å². The van der Waals surface area contributed by atoms with Crippen LogP contribution in [-0.2, 0) is 0 Å². The zero-order valence-electron chi connectivity index (χ0n) is 9.55. The van der Waals surface area contributed by atoms with Gasteiger partial charge < -0.3 is 4.74 Å². The van der Waals surface area contributed by atoms with Crippen LogP contribution in [0.4, 0.5) is 0 Å². The maximum Gasteiger partial charge on any atom is 0.213 e. The first-order valence-corrected chi connectivity index (χ1v) is 5.44. The van der Waals surface area contributed by atoms with Crippen molar-refractivity contribution < 1.29 is 4.74 Å². The number of rotatable bonds is 3. The van der Waals surface area contributed by atoms with Gasteiger partial charge in [-0.3, -0.25) is 0 Å². The Hall–Kier alpha value is -2.34. The van der Waals surface area contributed by atoms with E-state index in [0.29, 0.717) is 23.7 Å². The standard InChI is InChI=1S/C14H12N2O/c1-2-17-13-9-8-12(10-15)14(16-13)11-6-4-3-5-7-11/h3-9H,2H2,1H3. The van der Waals surface area contributed by atoms with Crippen LogP contribution in [-0.4, -0.2) is 11.6 Å². The summed E-state index contributed by atoms with van der Waals surface area (Å²) in [4.78, 5) is 4.36. The van der Waals surface area contributed by atoms with Gasteiger partial charge in [0.2, 0.25) is 5.88 Å². The molecule has 84 valence electrons. The van der Waals surface area contributed by atoms with Gasteiger partial charge in [0, 0.05) is 11.6 Å². The Morgan fingerprint density at radius 1 is 1.18 bits per heavy atom. The van der Waals surface area contributed by atoms with E-state index in [0.717, 1.165) is 5.56 Å². The molecular formula is C14H12N2O. The molecule has 0 unspecified atom stereocenters. The Morgan fingerprint density at radius 3 is 2.59 bits per heavy atom. The van der Waals surface area contributed by atoms with Crippen LogP contribution in [0.2, 0.25) is 0 Å². The van der Waals surface area contributed by atoms with Gasteiger partial charge in [0.25, 0.3) is 0 Å². The number of nitrogens with zero attached hydrogens (tertiary/aromatic N) is 2. The summed E-state index contributed by atoms with van der Waals surface area (Å²) in [6.07, 6.45) is 0. The smallest absolute Gasteiger partial charge is 0.213 e. The second-order valence-electron chi connectivity index (χ2n) is 3.46. The highest BCUT2D eigenvalue weighted by molar-refractivity contribution is 5.66. The topological polar surface area (TPSA) is 45.9 Å². The van der Waals surface area contributed by atoms with E-state index in [1.54, 1.807) is 12.1 Å². The molecule has 1 heterocycles. The summed E-state index contributed by atoms with van der Waals surface area (Å²) in [7, 11) is 0. The third-order valence-corrected chi connectivity index (χ3v) is 2.33. The minimum Gasteiger partial charge on any atom is -0.478 e. The molecule has 0 N–H and O–H groups in total. The first kappa shape index (κ1) is 11.2. The maximum absolute atomic E-state index is 9.07. The molecule has 3 heteroatoms. The van der Waals surface area contributed by atoms with E-state index in [1.165, 1.54) is 0 Å². The lowest BCUT2D eigenvalue weighted by atomic mass is 10.1. The quantitative estimate of drug-likeness (QED) is 0.805. The van der Waals surface area contributed by atoms with Crippen molar-refractivity contribution in [3.05, 3.63) is 48.0 Å². The highest BCUT2D eigenvalue weighted by Gasteiger charge is 2.08. The molecule has 2 rings (SSSR count). The van der Waals surface area contributed by atoms with E-state index in [-0.39, 0.29) is 0 Å².